The molecule has 4 heteroatoms. The third-order valence-corrected chi connectivity index (χ3v) is 2.58. The molecule has 0 saturated heterocycles. The largest absolute Gasteiger partial charge is 0.464 e. The molecule has 0 fully saturated rings. The van der Waals surface area contributed by atoms with Crippen LogP contribution in [0.2, 0.25) is 0 Å². The van der Waals surface area contributed by atoms with Crippen molar-refractivity contribution in [1.29, 1.82) is 0 Å². The molecule has 1 aromatic rings. The summed E-state index contributed by atoms with van der Waals surface area (Å²) >= 11 is 1.23. The SMILES string of the molecule is CCN(Sc1ccccc1)C(=O)O. The van der Waals surface area contributed by atoms with E-state index in [-0.39, 0.29) is 0 Å². The zero-order valence-electron chi connectivity index (χ0n) is 7.30. The molecule has 0 radical (unpaired) electrons. The van der Waals surface area contributed by atoms with Crippen LogP contribution in [0.25, 0.3) is 0 Å². The molecule has 0 atom stereocenters. The minimum atomic E-state index is -0.906. The van der Waals surface area contributed by atoms with Crippen LogP contribution in [0, 0.1) is 0 Å². The summed E-state index contributed by atoms with van der Waals surface area (Å²) in [6.45, 7) is 2.29. The zero-order valence-corrected chi connectivity index (χ0v) is 8.12. The lowest BCUT2D eigenvalue weighted by Crippen LogP contribution is -2.21. The minimum Gasteiger partial charge on any atom is -0.464 e. The van der Waals surface area contributed by atoms with E-state index in [4.69, 9.17) is 5.11 Å². The Morgan fingerprint density at radius 1 is 1.46 bits per heavy atom. The van der Waals surface area contributed by atoms with Crippen LogP contribution in [-0.2, 0) is 0 Å². The van der Waals surface area contributed by atoms with Crippen molar-refractivity contribution in [2.45, 2.75) is 11.8 Å². The van der Waals surface area contributed by atoms with Gasteiger partial charge in [-0.15, -0.1) is 0 Å². The molecule has 0 saturated carbocycles. The maximum absolute atomic E-state index is 10.6. The summed E-state index contributed by atoms with van der Waals surface area (Å²) in [7, 11) is 0. The van der Waals surface area contributed by atoms with Gasteiger partial charge in [-0.3, -0.25) is 0 Å². The molecule has 0 unspecified atom stereocenters. The summed E-state index contributed by atoms with van der Waals surface area (Å²) in [5, 5.41) is 8.74. The van der Waals surface area contributed by atoms with E-state index in [1.54, 1.807) is 0 Å². The predicted octanol–water partition coefficient (Wildman–Crippen LogP) is 2.69. The highest BCUT2D eigenvalue weighted by molar-refractivity contribution is 7.97. The van der Waals surface area contributed by atoms with E-state index in [1.807, 2.05) is 37.3 Å². The van der Waals surface area contributed by atoms with E-state index in [1.165, 1.54) is 16.3 Å². The summed E-state index contributed by atoms with van der Waals surface area (Å²) < 4.78 is 1.29. The van der Waals surface area contributed by atoms with Gasteiger partial charge in [0.15, 0.2) is 0 Å². The normalized spacial score (nSPS) is 9.62. The Kier molecular flexibility index (Phi) is 3.64. The fourth-order valence-corrected chi connectivity index (χ4v) is 1.59. The number of hydrogen-bond acceptors (Lipinski definition) is 2. The van der Waals surface area contributed by atoms with Gasteiger partial charge in [0.05, 0.1) is 0 Å². The standard InChI is InChI=1S/C9H11NO2S/c1-2-10(9(11)12)13-8-6-4-3-5-7-8/h3-7H,2H2,1H3,(H,11,12). The van der Waals surface area contributed by atoms with Gasteiger partial charge in [-0.1, -0.05) is 18.2 Å². The Morgan fingerprint density at radius 3 is 2.54 bits per heavy atom. The monoisotopic (exact) mass is 197 g/mol. The van der Waals surface area contributed by atoms with Crippen LogP contribution >= 0.6 is 11.9 Å². The molecule has 0 heterocycles. The maximum Gasteiger partial charge on any atom is 0.417 e. The van der Waals surface area contributed by atoms with Crippen LogP contribution in [0.15, 0.2) is 35.2 Å². The number of carboxylic acid groups (broad SMARTS) is 1. The first kappa shape index (κ1) is 9.92. The second-order valence-corrected chi connectivity index (χ2v) is 3.48. The lowest BCUT2D eigenvalue weighted by atomic mass is 10.4. The van der Waals surface area contributed by atoms with Crippen molar-refractivity contribution in [2.24, 2.45) is 0 Å². The van der Waals surface area contributed by atoms with E-state index in [2.05, 4.69) is 0 Å². The molecular weight excluding hydrogens is 186 g/mol. The van der Waals surface area contributed by atoms with Gasteiger partial charge >= 0.3 is 6.09 Å². The van der Waals surface area contributed by atoms with Crippen molar-refractivity contribution >= 4 is 18.0 Å². The van der Waals surface area contributed by atoms with Crippen LogP contribution < -0.4 is 0 Å². The van der Waals surface area contributed by atoms with E-state index in [9.17, 15) is 4.79 Å². The Bertz CT molecular complexity index is 276. The predicted molar refractivity (Wildman–Crippen MR) is 52.7 cm³/mol. The third-order valence-electron chi connectivity index (χ3n) is 1.46. The van der Waals surface area contributed by atoms with E-state index < -0.39 is 6.09 Å². The lowest BCUT2D eigenvalue weighted by molar-refractivity contribution is 0.176. The van der Waals surface area contributed by atoms with Gasteiger partial charge in [-0.05, 0) is 31.0 Å². The molecular formula is C9H11NO2S. The molecule has 1 N–H and O–H groups in total. The van der Waals surface area contributed by atoms with E-state index in [0.29, 0.717) is 6.54 Å². The molecule has 13 heavy (non-hydrogen) atoms. The molecule has 70 valence electrons. The first-order chi connectivity index (χ1) is 6.24. The quantitative estimate of drug-likeness (QED) is 0.757. The van der Waals surface area contributed by atoms with Gasteiger partial charge in [0.1, 0.15) is 0 Å². The molecule has 0 bridgehead atoms. The van der Waals surface area contributed by atoms with Crippen molar-refractivity contribution in [1.82, 2.24) is 4.31 Å². The number of nitrogens with zero attached hydrogens (tertiary/aromatic N) is 1. The Morgan fingerprint density at radius 2 is 2.08 bits per heavy atom. The summed E-state index contributed by atoms with van der Waals surface area (Å²) in [6, 6.07) is 9.45. The zero-order chi connectivity index (χ0) is 9.68. The van der Waals surface area contributed by atoms with E-state index >= 15 is 0 Å². The van der Waals surface area contributed by atoms with Crippen molar-refractivity contribution in [3.8, 4) is 0 Å². The number of benzene rings is 1. The van der Waals surface area contributed by atoms with Crippen LogP contribution in [0.4, 0.5) is 4.79 Å². The summed E-state index contributed by atoms with van der Waals surface area (Å²) in [5.74, 6) is 0. The maximum atomic E-state index is 10.6. The average molecular weight is 197 g/mol. The van der Waals surface area contributed by atoms with Crippen LogP contribution in [-0.4, -0.2) is 22.0 Å². The smallest absolute Gasteiger partial charge is 0.417 e. The Labute approximate surface area is 81.5 Å². The second-order valence-electron chi connectivity index (χ2n) is 2.38. The molecule has 0 aliphatic rings. The fourth-order valence-electron chi connectivity index (χ4n) is 0.847. The van der Waals surface area contributed by atoms with Crippen molar-refractivity contribution < 1.29 is 9.90 Å². The van der Waals surface area contributed by atoms with Gasteiger partial charge in [0, 0.05) is 11.4 Å². The first-order valence-corrected chi connectivity index (χ1v) is 4.75. The number of carbonyl (C=O) groups is 1. The second kappa shape index (κ2) is 4.77. The topological polar surface area (TPSA) is 40.5 Å². The molecule has 1 amide bonds. The van der Waals surface area contributed by atoms with Gasteiger partial charge < -0.3 is 5.11 Å². The molecule has 1 rings (SSSR count). The highest BCUT2D eigenvalue weighted by atomic mass is 32.2. The highest BCUT2D eigenvalue weighted by Crippen LogP contribution is 2.21. The Balaban J connectivity index is 2.62. The van der Waals surface area contributed by atoms with Crippen molar-refractivity contribution in [2.75, 3.05) is 6.54 Å². The number of amides is 1. The third kappa shape index (κ3) is 2.99. The highest BCUT2D eigenvalue weighted by Gasteiger charge is 2.09. The van der Waals surface area contributed by atoms with E-state index in [0.717, 1.165) is 4.90 Å². The lowest BCUT2D eigenvalue weighted by Gasteiger charge is -2.14. The van der Waals surface area contributed by atoms with Crippen molar-refractivity contribution in [3.05, 3.63) is 30.3 Å². The van der Waals surface area contributed by atoms with Crippen LogP contribution in [0.5, 0.6) is 0 Å². The Hall–Kier alpha value is -1.16. The summed E-state index contributed by atoms with van der Waals surface area (Å²) in [6.07, 6.45) is -0.906. The van der Waals surface area contributed by atoms with Gasteiger partial charge in [0.2, 0.25) is 0 Å². The molecule has 0 aromatic heterocycles. The molecule has 0 aliphatic heterocycles. The first-order valence-electron chi connectivity index (χ1n) is 3.97. The van der Waals surface area contributed by atoms with Crippen molar-refractivity contribution in [3.63, 3.8) is 0 Å². The van der Waals surface area contributed by atoms with Crippen LogP contribution in [0.3, 0.4) is 0 Å². The fraction of sp³-hybridized carbons (Fsp3) is 0.222. The molecule has 0 aliphatic carbocycles. The summed E-state index contributed by atoms with van der Waals surface area (Å²) in [4.78, 5) is 11.6. The minimum absolute atomic E-state index is 0.481. The number of hydrogen-bond donors (Lipinski definition) is 1. The molecule has 3 nitrogen and oxygen atoms in total. The molecule has 0 spiro atoms. The molecule has 1 aromatic carbocycles. The number of rotatable bonds is 3. The summed E-state index contributed by atoms with van der Waals surface area (Å²) in [5.41, 5.74) is 0. The average Bonchev–Trinajstić information content (AvgIpc) is 2.15. The van der Waals surface area contributed by atoms with Gasteiger partial charge in [-0.25, -0.2) is 9.10 Å². The van der Waals surface area contributed by atoms with Crippen LogP contribution in [0.1, 0.15) is 6.92 Å². The van der Waals surface area contributed by atoms with Gasteiger partial charge in [-0.2, -0.15) is 0 Å². The van der Waals surface area contributed by atoms with Gasteiger partial charge in [0.25, 0.3) is 0 Å².